The van der Waals surface area contributed by atoms with Crippen molar-refractivity contribution in [3.63, 3.8) is 0 Å². The second kappa shape index (κ2) is 10.7. The number of thiophene rings is 1. The van der Waals surface area contributed by atoms with Crippen LogP contribution in [-0.4, -0.2) is 16.7 Å². The molecule has 7 heteroatoms. The van der Waals surface area contributed by atoms with Crippen LogP contribution >= 0.6 is 27.3 Å². The Balaban J connectivity index is 1.48. The van der Waals surface area contributed by atoms with E-state index in [4.69, 9.17) is 9.41 Å². The number of furan rings is 1. The van der Waals surface area contributed by atoms with Gasteiger partial charge in [0.05, 0.1) is 18.4 Å². The highest BCUT2D eigenvalue weighted by molar-refractivity contribution is 9.10. The van der Waals surface area contributed by atoms with Gasteiger partial charge in [-0.25, -0.2) is 4.99 Å². The number of fused-ring (bicyclic) bond motifs is 1. The lowest BCUT2D eigenvalue weighted by molar-refractivity contribution is 0.0947. The van der Waals surface area contributed by atoms with E-state index in [0.717, 1.165) is 62.7 Å². The molecule has 4 aromatic rings. The van der Waals surface area contributed by atoms with Gasteiger partial charge < -0.3 is 14.3 Å². The van der Waals surface area contributed by atoms with E-state index in [1.807, 2.05) is 18.3 Å². The summed E-state index contributed by atoms with van der Waals surface area (Å²) in [5, 5.41) is 3.85. The molecule has 0 saturated heterocycles. The number of benzene rings is 1. The van der Waals surface area contributed by atoms with Crippen LogP contribution in [0.1, 0.15) is 70.7 Å². The van der Waals surface area contributed by atoms with E-state index < -0.39 is 0 Å². The van der Waals surface area contributed by atoms with Crippen molar-refractivity contribution in [3.05, 3.63) is 91.9 Å². The number of aryl methyl sites for hydroxylation is 1. The van der Waals surface area contributed by atoms with Crippen molar-refractivity contribution >= 4 is 44.4 Å². The van der Waals surface area contributed by atoms with Crippen LogP contribution in [0, 0.1) is 25.2 Å². The first-order valence-electron chi connectivity index (χ1n) is 13.1. The molecule has 0 fully saturated rings. The number of carbonyl (C=O) groups excluding carboxylic acids is 1. The molecule has 0 spiro atoms. The minimum Gasteiger partial charge on any atom is -0.467 e. The molecule has 1 aliphatic rings. The molecule has 3 heterocycles. The first-order valence-corrected chi connectivity index (χ1v) is 14.7. The van der Waals surface area contributed by atoms with Gasteiger partial charge in [0, 0.05) is 38.2 Å². The van der Waals surface area contributed by atoms with Crippen molar-refractivity contribution < 1.29 is 9.21 Å². The predicted molar refractivity (Wildman–Crippen MR) is 159 cm³/mol. The van der Waals surface area contributed by atoms with Crippen LogP contribution in [0.25, 0.3) is 5.69 Å². The minimum atomic E-state index is -0.0828. The third kappa shape index (κ3) is 5.45. The van der Waals surface area contributed by atoms with Gasteiger partial charge in [-0.05, 0) is 92.5 Å². The number of nitrogens with zero attached hydrogens (tertiary/aromatic N) is 2. The Morgan fingerprint density at radius 1 is 1.24 bits per heavy atom. The molecule has 1 amide bonds. The minimum absolute atomic E-state index is 0.0828. The molecule has 3 aromatic heterocycles. The summed E-state index contributed by atoms with van der Waals surface area (Å²) in [5.41, 5.74) is 6.54. The molecule has 38 heavy (non-hydrogen) atoms. The average Bonchev–Trinajstić information content (AvgIpc) is 3.59. The first kappa shape index (κ1) is 26.7. The third-order valence-corrected chi connectivity index (χ3v) is 9.27. The highest BCUT2D eigenvalue weighted by atomic mass is 79.9. The fourth-order valence-corrected chi connectivity index (χ4v) is 6.87. The number of rotatable bonds is 6. The lowest BCUT2D eigenvalue weighted by atomic mass is 9.72. The van der Waals surface area contributed by atoms with Crippen LogP contribution in [0.4, 0.5) is 5.00 Å². The molecular weight excluding hydrogens is 558 g/mol. The van der Waals surface area contributed by atoms with E-state index in [9.17, 15) is 4.79 Å². The third-order valence-electron chi connectivity index (χ3n) is 7.58. The summed E-state index contributed by atoms with van der Waals surface area (Å²) in [6.45, 7) is 11.5. The van der Waals surface area contributed by atoms with Crippen LogP contribution in [0.2, 0.25) is 0 Å². The lowest BCUT2D eigenvalue weighted by Crippen LogP contribution is -2.28. The van der Waals surface area contributed by atoms with Crippen LogP contribution in [-0.2, 0) is 19.4 Å². The van der Waals surface area contributed by atoms with E-state index in [0.29, 0.717) is 12.5 Å². The molecule has 0 bridgehead atoms. The molecule has 198 valence electrons. The molecule has 0 radical (unpaired) electrons. The summed E-state index contributed by atoms with van der Waals surface area (Å²) in [7, 11) is 0. The monoisotopic (exact) mass is 591 g/mol. The molecule has 1 aliphatic carbocycles. The molecule has 1 N–H and O–H groups in total. The molecule has 0 unspecified atom stereocenters. The number of hydrogen-bond acceptors (Lipinski definition) is 4. The molecule has 0 aliphatic heterocycles. The Hall–Kier alpha value is -2.90. The number of aromatic nitrogens is 1. The Bertz CT molecular complexity index is 1470. The van der Waals surface area contributed by atoms with Crippen molar-refractivity contribution in [2.24, 2.45) is 16.3 Å². The van der Waals surface area contributed by atoms with E-state index >= 15 is 0 Å². The highest BCUT2D eigenvalue weighted by Crippen LogP contribution is 2.45. The van der Waals surface area contributed by atoms with Crippen molar-refractivity contribution in [2.75, 3.05) is 0 Å². The van der Waals surface area contributed by atoms with Gasteiger partial charge in [0.2, 0.25) is 0 Å². The predicted octanol–water partition coefficient (Wildman–Crippen LogP) is 8.34. The topological polar surface area (TPSA) is 59.5 Å². The molecule has 5 nitrogen and oxygen atoms in total. The molecule has 1 aromatic carbocycles. The van der Waals surface area contributed by atoms with Crippen molar-refractivity contribution in [3.8, 4) is 5.69 Å². The summed E-state index contributed by atoms with van der Waals surface area (Å²) in [5.74, 6) is 1.25. The largest absolute Gasteiger partial charge is 0.467 e. The van der Waals surface area contributed by atoms with Gasteiger partial charge in [0.25, 0.3) is 5.91 Å². The molecule has 0 saturated carbocycles. The van der Waals surface area contributed by atoms with Gasteiger partial charge in [-0.1, -0.05) is 36.7 Å². The summed E-state index contributed by atoms with van der Waals surface area (Å²) in [6, 6.07) is 14.2. The van der Waals surface area contributed by atoms with Gasteiger partial charge in [0.15, 0.2) is 0 Å². The van der Waals surface area contributed by atoms with E-state index in [2.05, 4.69) is 90.8 Å². The summed E-state index contributed by atoms with van der Waals surface area (Å²) in [6.07, 6.45) is 6.53. The maximum absolute atomic E-state index is 13.5. The van der Waals surface area contributed by atoms with Gasteiger partial charge in [-0.3, -0.25) is 4.79 Å². The fraction of sp³-hybridized carbons (Fsp3) is 0.355. The van der Waals surface area contributed by atoms with Gasteiger partial charge in [-0.2, -0.15) is 0 Å². The smallest absolute Gasteiger partial charge is 0.255 e. The standard InChI is InChI=1S/C31H34BrN3O2S/c1-19-15-21(20(2)35(19)24-11-9-23(32)10-12-24)17-34-30-28(29(36)33-18-25-7-6-14-37-25)26-13-8-22(31(3,4)5)16-27(26)38-30/h6-7,9-12,14-15,17,22H,8,13,16,18H2,1-5H3,(H,33,36)/t22-/m1/s1. The van der Waals surface area contributed by atoms with Crippen LogP contribution in [0.5, 0.6) is 0 Å². The summed E-state index contributed by atoms with van der Waals surface area (Å²) in [4.78, 5) is 19.7. The van der Waals surface area contributed by atoms with Crippen LogP contribution < -0.4 is 5.32 Å². The summed E-state index contributed by atoms with van der Waals surface area (Å²) >= 11 is 5.20. The second-order valence-corrected chi connectivity index (χ2v) is 13.1. The van der Waals surface area contributed by atoms with Gasteiger partial charge >= 0.3 is 0 Å². The maximum Gasteiger partial charge on any atom is 0.255 e. The zero-order valence-electron chi connectivity index (χ0n) is 22.6. The van der Waals surface area contributed by atoms with E-state index in [-0.39, 0.29) is 11.3 Å². The molecule has 5 rings (SSSR count). The van der Waals surface area contributed by atoms with Crippen molar-refractivity contribution in [1.29, 1.82) is 0 Å². The molecule has 1 atom stereocenters. The van der Waals surface area contributed by atoms with E-state index in [1.165, 1.54) is 10.4 Å². The maximum atomic E-state index is 13.5. The second-order valence-electron chi connectivity index (χ2n) is 11.1. The lowest BCUT2D eigenvalue weighted by Gasteiger charge is -2.33. The Labute approximate surface area is 237 Å². The Morgan fingerprint density at radius 2 is 2.00 bits per heavy atom. The number of nitrogens with one attached hydrogen (secondary N) is 1. The Morgan fingerprint density at radius 3 is 2.68 bits per heavy atom. The molecular formula is C31H34BrN3O2S. The number of amides is 1. The normalized spacial score (nSPS) is 15.7. The number of hydrogen-bond donors (Lipinski definition) is 1. The van der Waals surface area contributed by atoms with Gasteiger partial charge in [-0.15, -0.1) is 11.3 Å². The van der Waals surface area contributed by atoms with Crippen LogP contribution in [0.15, 0.2) is 62.6 Å². The first-order chi connectivity index (χ1) is 18.1. The zero-order chi connectivity index (χ0) is 27.0. The number of halogens is 1. The van der Waals surface area contributed by atoms with Gasteiger partial charge in [0.1, 0.15) is 10.8 Å². The Kier molecular flexibility index (Phi) is 7.51. The van der Waals surface area contributed by atoms with Crippen LogP contribution in [0.3, 0.4) is 0 Å². The SMILES string of the molecule is Cc1cc(C=Nc2sc3c(c2C(=O)NCc2ccco2)CC[C@@H](C(C)(C)C)C3)c(C)n1-c1ccc(Br)cc1. The average molecular weight is 593 g/mol. The number of aliphatic imine (C=N–C) groups is 1. The number of carbonyl (C=O) groups is 1. The summed E-state index contributed by atoms with van der Waals surface area (Å²) < 4.78 is 8.71. The highest BCUT2D eigenvalue weighted by Gasteiger charge is 2.33. The zero-order valence-corrected chi connectivity index (χ0v) is 25.0. The fourth-order valence-electron chi connectivity index (χ4n) is 5.34. The van der Waals surface area contributed by atoms with Crippen molar-refractivity contribution in [1.82, 2.24) is 9.88 Å². The van der Waals surface area contributed by atoms with E-state index in [1.54, 1.807) is 17.6 Å². The van der Waals surface area contributed by atoms with Crippen molar-refractivity contribution in [2.45, 2.75) is 60.4 Å². The quantitative estimate of drug-likeness (QED) is 0.229.